The van der Waals surface area contributed by atoms with E-state index in [-0.39, 0.29) is 11.7 Å². The van der Waals surface area contributed by atoms with Crippen LogP contribution in [0.4, 0.5) is 10.7 Å². The highest BCUT2D eigenvalue weighted by Gasteiger charge is 2.35. The van der Waals surface area contributed by atoms with Gasteiger partial charge in [-0.25, -0.2) is 0 Å². The van der Waals surface area contributed by atoms with Gasteiger partial charge in [0.1, 0.15) is 5.00 Å². The van der Waals surface area contributed by atoms with Crippen molar-refractivity contribution in [1.82, 2.24) is 0 Å². The van der Waals surface area contributed by atoms with Gasteiger partial charge in [0.2, 0.25) is 0 Å². The van der Waals surface area contributed by atoms with Gasteiger partial charge in [0.15, 0.2) is 11.5 Å². The van der Waals surface area contributed by atoms with E-state index >= 15 is 0 Å². The van der Waals surface area contributed by atoms with Gasteiger partial charge in [-0.2, -0.15) is 0 Å². The summed E-state index contributed by atoms with van der Waals surface area (Å²) in [4.78, 5) is 15.3. The number of carbonyl (C=O) groups is 1. The van der Waals surface area contributed by atoms with Gasteiger partial charge in [0.25, 0.3) is 0 Å². The lowest BCUT2D eigenvalue weighted by atomic mass is 10.2. The highest BCUT2D eigenvalue weighted by Crippen LogP contribution is 2.47. The molecule has 4 nitrogen and oxygen atoms in total. The fourth-order valence-corrected chi connectivity index (χ4v) is 3.65. The molecule has 1 aliphatic carbocycles. The molecule has 0 radical (unpaired) electrons. The topological polar surface area (TPSA) is 55.6 Å². The van der Waals surface area contributed by atoms with Crippen LogP contribution in [0.15, 0.2) is 0 Å². The Morgan fingerprint density at radius 1 is 1.35 bits per heavy atom. The molecule has 20 heavy (non-hydrogen) atoms. The SMILES string of the molecule is CCCN(CCC)c1sc(C(=O)C2CC2)c(N)c1OC. The molecule has 1 aliphatic rings. The monoisotopic (exact) mass is 296 g/mol. The van der Waals surface area contributed by atoms with Crippen molar-refractivity contribution in [2.75, 3.05) is 30.8 Å². The zero-order valence-electron chi connectivity index (χ0n) is 12.6. The van der Waals surface area contributed by atoms with E-state index in [1.54, 1.807) is 7.11 Å². The van der Waals surface area contributed by atoms with E-state index in [4.69, 9.17) is 10.5 Å². The van der Waals surface area contributed by atoms with E-state index in [1.807, 2.05) is 0 Å². The van der Waals surface area contributed by atoms with Crippen molar-refractivity contribution >= 4 is 27.8 Å². The van der Waals surface area contributed by atoms with E-state index in [2.05, 4.69) is 18.7 Å². The van der Waals surface area contributed by atoms with Crippen molar-refractivity contribution in [3.63, 3.8) is 0 Å². The molecule has 2 N–H and O–H groups in total. The molecular formula is C15H24N2O2S. The zero-order valence-corrected chi connectivity index (χ0v) is 13.4. The number of anilines is 2. The maximum atomic E-state index is 12.3. The lowest BCUT2D eigenvalue weighted by Gasteiger charge is -2.22. The van der Waals surface area contributed by atoms with E-state index < -0.39 is 0 Å². The largest absolute Gasteiger partial charge is 0.492 e. The fourth-order valence-electron chi connectivity index (χ4n) is 2.39. The maximum Gasteiger partial charge on any atom is 0.178 e. The Hall–Kier alpha value is -1.23. The summed E-state index contributed by atoms with van der Waals surface area (Å²) >= 11 is 1.50. The number of thiophene rings is 1. The highest BCUT2D eigenvalue weighted by molar-refractivity contribution is 7.19. The van der Waals surface area contributed by atoms with Crippen LogP contribution in [0.25, 0.3) is 0 Å². The van der Waals surface area contributed by atoms with Gasteiger partial charge in [0, 0.05) is 19.0 Å². The third-order valence-electron chi connectivity index (χ3n) is 3.53. The third-order valence-corrected chi connectivity index (χ3v) is 4.79. The van der Waals surface area contributed by atoms with Gasteiger partial charge in [0.05, 0.1) is 17.7 Å². The molecule has 0 unspecified atom stereocenters. The smallest absolute Gasteiger partial charge is 0.178 e. The molecule has 1 heterocycles. The first-order valence-corrected chi connectivity index (χ1v) is 8.21. The van der Waals surface area contributed by atoms with Crippen LogP contribution in [0.1, 0.15) is 49.2 Å². The van der Waals surface area contributed by atoms with Gasteiger partial charge < -0.3 is 15.4 Å². The summed E-state index contributed by atoms with van der Waals surface area (Å²) in [7, 11) is 1.63. The highest BCUT2D eigenvalue weighted by atomic mass is 32.1. The Bertz CT molecular complexity index is 474. The molecule has 2 rings (SSSR count). The van der Waals surface area contributed by atoms with Crippen molar-refractivity contribution in [2.45, 2.75) is 39.5 Å². The van der Waals surface area contributed by atoms with E-state index in [9.17, 15) is 4.79 Å². The first-order chi connectivity index (χ1) is 9.63. The molecule has 0 amide bonds. The van der Waals surface area contributed by atoms with E-state index in [1.165, 1.54) is 11.3 Å². The minimum Gasteiger partial charge on any atom is -0.492 e. The molecule has 0 atom stereocenters. The van der Waals surface area contributed by atoms with Gasteiger partial charge in [-0.15, -0.1) is 11.3 Å². The normalized spacial score (nSPS) is 14.3. The molecule has 1 aromatic rings. The van der Waals surface area contributed by atoms with Crippen LogP contribution in [0.2, 0.25) is 0 Å². The molecule has 1 aromatic heterocycles. The standard InChI is InChI=1S/C15H24N2O2S/c1-4-8-17(9-5-2)15-13(19-3)11(16)14(20-15)12(18)10-6-7-10/h10H,4-9,16H2,1-3H3. The van der Waals surface area contributed by atoms with Crippen molar-refractivity contribution in [1.29, 1.82) is 0 Å². The van der Waals surface area contributed by atoms with Gasteiger partial charge in [-0.1, -0.05) is 13.8 Å². The Kier molecular flexibility index (Phi) is 4.91. The Labute approximate surface area is 124 Å². The molecular weight excluding hydrogens is 272 g/mol. The molecule has 1 saturated carbocycles. The Morgan fingerprint density at radius 3 is 2.40 bits per heavy atom. The average Bonchev–Trinajstić information content (AvgIpc) is 3.22. The van der Waals surface area contributed by atoms with Crippen LogP contribution >= 0.6 is 11.3 Å². The van der Waals surface area contributed by atoms with Crippen molar-refractivity contribution < 1.29 is 9.53 Å². The molecule has 112 valence electrons. The molecule has 0 aliphatic heterocycles. The van der Waals surface area contributed by atoms with E-state index in [0.29, 0.717) is 16.3 Å². The summed E-state index contributed by atoms with van der Waals surface area (Å²) in [6, 6.07) is 0. The number of nitrogens with two attached hydrogens (primary N) is 1. The summed E-state index contributed by atoms with van der Waals surface area (Å²) in [5.74, 6) is 1.07. The Balaban J connectivity index is 2.35. The molecule has 5 heteroatoms. The van der Waals surface area contributed by atoms with Crippen molar-refractivity contribution in [3.8, 4) is 5.75 Å². The second-order valence-electron chi connectivity index (χ2n) is 5.31. The second kappa shape index (κ2) is 6.48. The number of ether oxygens (including phenoxy) is 1. The minimum absolute atomic E-state index is 0.194. The first kappa shape index (κ1) is 15.2. The number of hydrogen-bond donors (Lipinski definition) is 1. The maximum absolute atomic E-state index is 12.3. The molecule has 0 spiro atoms. The summed E-state index contributed by atoms with van der Waals surface area (Å²) in [5, 5.41) is 1.01. The van der Waals surface area contributed by atoms with E-state index in [0.717, 1.165) is 43.8 Å². The summed E-state index contributed by atoms with van der Waals surface area (Å²) < 4.78 is 5.47. The number of nitrogens with zero attached hydrogens (tertiary/aromatic N) is 1. The number of rotatable bonds is 8. The second-order valence-corrected chi connectivity index (χ2v) is 6.31. The average molecular weight is 296 g/mol. The summed E-state index contributed by atoms with van der Waals surface area (Å²) in [6.07, 6.45) is 4.13. The van der Waals surface area contributed by atoms with Crippen LogP contribution < -0.4 is 15.4 Å². The summed E-state index contributed by atoms with van der Waals surface area (Å²) in [5.41, 5.74) is 6.68. The van der Waals surface area contributed by atoms with Crippen LogP contribution in [0, 0.1) is 5.92 Å². The van der Waals surface area contributed by atoms with Crippen LogP contribution in [-0.2, 0) is 0 Å². The minimum atomic E-state index is 0.194. The predicted molar refractivity (Wildman–Crippen MR) is 85.1 cm³/mol. The lowest BCUT2D eigenvalue weighted by Crippen LogP contribution is -2.24. The van der Waals surface area contributed by atoms with Crippen molar-refractivity contribution in [2.24, 2.45) is 5.92 Å². The molecule has 0 saturated heterocycles. The quantitative estimate of drug-likeness (QED) is 0.745. The van der Waals surface area contributed by atoms with Gasteiger partial charge >= 0.3 is 0 Å². The number of nitrogen functional groups attached to an aromatic ring is 1. The first-order valence-electron chi connectivity index (χ1n) is 7.39. The molecule has 1 fully saturated rings. The predicted octanol–water partition coefficient (Wildman–Crippen LogP) is 3.56. The van der Waals surface area contributed by atoms with Gasteiger partial charge in [-0.3, -0.25) is 4.79 Å². The lowest BCUT2D eigenvalue weighted by molar-refractivity contribution is 0.0972. The van der Waals surface area contributed by atoms with Crippen molar-refractivity contribution in [3.05, 3.63) is 4.88 Å². The number of methoxy groups -OCH3 is 1. The number of carbonyl (C=O) groups excluding carboxylic acids is 1. The van der Waals surface area contributed by atoms with Crippen LogP contribution in [0.3, 0.4) is 0 Å². The Morgan fingerprint density at radius 2 is 1.95 bits per heavy atom. The zero-order chi connectivity index (χ0) is 14.7. The van der Waals surface area contributed by atoms with Gasteiger partial charge in [-0.05, 0) is 25.7 Å². The molecule has 0 bridgehead atoms. The van der Waals surface area contributed by atoms with Crippen LogP contribution in [-0.4, -0.2) is 26.0 Å². The third kappa shape index (κ3) is 2.92. The number of Topliss-reactive ketones (excluding diaryl/α,β-unsaturated/α-hetero) is 1. The molecule has 0 aromatic carbocycles. The fraction of sp³-hybridized carbons (Fsp3) is 0.667. The summed E-state index contributed by atoms with van der Waals surface area (Å²) in [6.45, 7) is 6.23. The number of ketones is 1. The number of hydrogen-bond acceptors (Lipinski definition) is 5. The van der Waals surface area contributed by atoms with Crippen LogP contribution in [0.5, 0.6) is 5.75 Å².